The molecule has 0 spiro atoms. The lowest BCUT2D eigenvalue weighted by Crippen LogP contribution is -2.39. The van der Waals surface area contributed by atoms with Gasteiger partial charge in [0.1, 0.15) is 0 Å². The lowest BCUT2D eigenvalue weighted by atomic mass is 9.86. The number of hydrogen-bond acceptors (Lipinski definition) is 5. The third kappa shape index (κ3) is 3.07. The highest BCUT2D eigenvalue weighted by molar-refractivity contribution is 6.20. The van der Waals surface area contributed by atoms with Gasteiger partial charge in [-0.3, -0.25) is 9.59 Å². The topological polar surface area (TPSA) is 87.5 Å². The maximum Gasteiger partial charge on any atom is 0.339 e. The van der Waals surface area contributed by atoms with E-state index >= 15 is 0 Å². The number of carbonyl (C=O) groups is 3. The predicted octanol–water partition coefficient (Wildman–Crippen LogP) is 2.88. The van der Waals surface area contributed by atoms with E-state index in [0.29, 0.717) is 17.0 Å². The van der Waals surface area contributed by atoms with Crippen molar-refractivity contribution in [2.75, 3.05) is 0 Å². The maximum atomic E-state index is 12.6. The molecule has 0 bridgehead atoms. The molecule has 1 heterocycles. The van der Waals surface area contributed by atoms with Crippen LogP contribution in [0.15, 0.2) is 48.5 Å². The van der Waals surface area contributed by atoms with Crippen LogP contribution in [-0.4, -0.2) is 22.8 Å². The van der Waals surface area contributed by atoms with E-state index < -0.39 is 23.2 Å². The number of hydroxylamine groups is 2. The number of hydrogen-bond donors (Lipinski definition) is 0. The molecule has 2 amide bonds. The molecule has 1 aliphatic rings. The van der Waals surface area contributed by atoms with Gasteiger partial charge in [-0.15, -0.1) is 0 Å². The Labute approximate surface area is 150 Å². The number of amides is 2. The lowest BCUT2D eigenvalue weighted by Gasteiger charge is -2.24. The molecule has 0 N–H and O–H groups in total. The van der Waals surface area contributed by atoms with Crippen LogP contribution in [0.1, 0.15) is 45.7 Å². The Bertz CT molecular complexity index is 904. The van der Waals surface area contributed by atoms with E-state index in [1.807, 2.05) is 6.07 Å². The van der Waals surface area contributed by atoms with Crippen molar-refractivity contribution in [2.45, 2.75) is 20.3 Å². The molecule has 0 radical (unpaired) electrons. The number of benzene rings is 2. The maximum absolute atomic E-state index is 12.6. The molecule has 0 aromatic heterocycles. The smallest absolute Gasteiger partial charge is 0.329 e. The highest BCUT2D eigenvalue weighted by atomic mass is 16.7. The summed E-state index contributed by atoms with van der Waals surface area (Å²) in [5, 5.41) is 9.36. The van der Waals surface area contributed by atoms with E-state index in [2.05, 4.69) is 0 Å². The second-order valence-corrected chi connectivity index (χ2v) is 6.70. The van der Waals surface area contributed by atoms with Crippen LogP contribution in [-0.2, 0) is 16.1 Å². The molecule has 6 heteroatoms. The van der Waals surface area contributed by atoms with Crippen LogP contribution < -0.4 is 0 Å². The number of nitriles is 1. The fourth-order valence-electron chi connectivity index (χ4n) is 2.74. The first kappa shape index (κ1) is 17.4. The first-order valence-electron chi connectivity index (χ1n) is 8.03. The monoisotopic (exact) mass is 348 g/mol. The summed E-state index contributed by atoms with van der Waals surface area (Å²) >= 11 is 0. The van der Waals surface area contributed by atoms with Crippen molar-refractivity contribution in [2.24, 2.45) is 5.41 Å². The SMILES string of the molecule is CC(C)(Cc1ccc(C#N)cc1)C(=O)ON1C(=O)c2ccccc2C1=O. The molecule has 0 saturated heterocycles. The second kappa shape index (κ2) is 6.45. The van der Waals surface area contributed by atoms with Gasteiger partial charge in [-0.25, -0.2) is 4.79 Å². The number of nitrogens with zero attached hydrogens (tertiary/aromatic N) is 2. The largest absolute Gasteiger partial charge is 0.339 e. The number of fused-ring (bicyclic) bond motifs is 1. The Morgan fingerprint density at radius 2 is 1.58 bits per heavy atom. The lowest BCUT2D eigenvalue weighted by molar-refractivity contribution is -0.179. The number of carbonyl (C=O) groups excluding carboxylic acids is 3. The summed E-state index contributed by atoms with van der Waals surface area (Å²) in [5.74, 6) is -1.97. The number of rotatable bonds is 4. The van der Waals surface area contributed by atoms with Crippen LogP contribution in [0, 0.1) is 16.7 Å². The molecule has 26 heavy (non-hydrogen) atoms. The van der Waals surface area contributed by atoms with Crippen LogP contribution >= 0.6 is 0 Å². The highest BCUT2D eigenvalue weighted by Gasteiger charge is 2.41. The van der Waals surface area contributed by atoms with E-state index in [0.717, 1.165) is 5.56 Å². The van der Waals surface area contributed by atoms with Gasteiger partial charge in [-0.2, -0.15) is 5.26 Å². The third-order valence-electron chi connectivity index (χ3n) is 4.21. The summed E-state index contributed by atoms with van der Waals surface area (Å²) in [6, 6.07) is 15.2. The molecule has 0 fully saturated rings. The van der Waals surface area contributed by atoms with E-state index in [9.17, 15) is 14.4 Å². The van der Waals surface area contributed by atoms with Gasteiger partial charge in [0.2, 0.25) is 0 Å². The quantitative estimate of drug-likeness (QED) is 0.793. The molecule has 0 unspecified atom stereocenters. The van der Waals surface area contributed by atoms with Gasteiger partial charge < -0.3 is 4.84 Å². The summed E-state index contributed by atoms with van der Waals surface area (Å²) in [6.45, 7) is 3.34. The molecule has 2 aromatic rings. The Kier molecular flexibility index (Phi) is 4.31. The van der Waals surface area contributed by atoms with Crippen molar-refractivity contribution in [1.82, 2.24) is 5.06 Å². The van der Waals surface area contributed by atoms with Gasteiger partial charge in [0.25, 0.3) is 11.8 Å². The van der Waals surface area contributed by atoms with Gasteiger partial charge in [-0.05, 0) is 50.1 Å². The van der Waals surface area contributed by atoms with Crippen molar-refractivity contribution < 1.29 is 19.2 Å². The van der Waals surface area contributed by atoms with Crippen molar-refractivity contribution in [1.29, 1.82) is 5.26 Å². The summed E-state index contributed by atoms with van der Waals surface area (Å²) in [7, 11) is 0. The minimum Gasteiger partial charge on any atom is -0.329 e. The van der Waals surface area contributed by atoms with Crippen molar-refractivity contribution in [3.8, 4) is 6.07 Å². The normalized spacial score (nSPS) is 13.3. The molecule has 0 atom stereocenters. The Morgan fingerprint density at radius 3 is 2.08 bits per heavy atom. The van der Waals surface area contributed by atoms with Gasteiger partial charge in [-0.1, -0.05) is 29.3 Å². The molecular formula is C20H16N2O4. The van der Waals surface area contributed by atoms with E-state index in [1.165, 1.54) is 12.1 Å². The predicted molar refractivity (Wildman–Crippen MR) is 91.7 cm³/mol. The molecule has 2 aromatic carbocycles. The first-order valence-corrected chi connectivity index (χ1v) is 8.03. The molecule has 3 rings (SSSR count). The summed E-state index contributed by atoms with van der Waals surface area (Å²) < 4.78 is 0. The van der Waals surface area contributed by atoms with Crippen molar-refractivity contribution in [3.63, 3.8) is 0 Å². The standard InChI is InChI=1S/C20H16N2O4/c1-20(2,11-13-7-9-14(12-21)10-8-13)19(25)26-22-17(23)15-5-3-4-6-16(15)18(22)24/h3-10H,11H2,1-2H3. The fourth-order valence-corrected chi connectivity index (χ4v) is 2.74. The van der Waals surface area contributed by atoms with Crippen LogP contribution in [0.25, 0.3) is 0 Å². The molecule has 6 nitrogen and oxygen atoms in total. The fraction of sp³-hybridized carbons (Fsp3) is 0.200. The van der Waals surface area contributed by atoms with Crippen LogP contribution in [0.4, 0.5) is 0 Å². The zero-order chi connectivity index (χ0) is 18.9. The minimum atomic E-state index is -0.969. The minimum absolute atomic E-state index is 0.218. The Balaban J connectivity index is 1.74. The average molecular weight is 348 g/mol. The van der Waals surface area contributed by atoms with E-state index in [1.54, 1.807) is 50.2 Å². The van der Waals surface area contributed by atoms with Crippen LogP contribution in [0.3, 0.4) is 0 Å². The third-order valence-corrected chi connectivity index (χ3v) is 4.21. The van der Waals surface area contributed by atoms with Crippen LogP contribution in [0.5, 0.6) is 0 Å². The van der Waals surface area contributed by atoms with Crippen LogP contribution in [0.2, 0.25) is 0 Å². The van der Waals surface area contributed by atoms with Gasteiger partial charge in [0.15, 0.2) is 0 Å². The molecule has 0 aliphatic carbocycles. The molecular weight excluding hydrogens is 332 g/mol. The first-order chi connectivity index (χ1) is 12.3. The highest BCUT2D eigenvalue weighted by Crippen LogP contribution is 2.28. The summed E-state index contributed by atoms with van der Waals surface area (Å²) in [5.41, 5.74) is 0.836. The Morgan fingerprint density at radius 1 is 1.04 bits per heavy atom. The zero-order valence-electron chi connectivity index (χ0n) is 14.4. The van der Waals surface area contributed by atoms with Crippen molar-refractivity contribution >= 4 is 17.8 Å². The van der Waals surface area contributed by atoms with Crippen molar-refractivity contribution in [3.05, 3.63) is 70.8 Å². The number of imide groups is 1. The van der Waals surface area contributed by atoms with Gasteiger partial charge in [0, 0.05) is 0 Å². The molecule has 130 valence electrons. The summed E-state index contributed by atoms with van der Waals surface area (Å²) in [4.78, 5) is 42.3. The zero-order valence-corrected chi connectivity index (χ0v) is 14.4. The Hall–Kier alpha value is -3.46. The molecule has 1 aliphatic heterocycles. The average Bonchev–Trinajstić information content (AvgIpc) is 2.87. The van der Waals surface area contributed by atoms with E-state index in [4.69, 9.17) is 10.1 Å². The van der Waals surface area contributed by atoms with Gasteiger partial charge >= 0.3 is 5.97 Å². The molecule has 0 saturated carbocycles. The summed E-state index contributed by atoms with van der Waals surface area (Å²) in [6.07, 6.45) is 0.334. The van der Waals surface area contributed by atoms with E-state index in [-0.39, 0.29) is 11.1 Å². The second-order valence-electron chi connectivity index (χ2n) is 6.70. The van der Waals surface area contributed by atoms with Gasteiger partial charge in [0.05, 0.1) is 28.2 Å².